The minimum atomic E-state index is -0.853. The van der Waals surface area contributed by atoms with Crippen molar-refractivity contribution in [3.05, 3.63) is 70.9 Å². The fourth-order valence-corrected chi connectivity index (χ4v) is 4.06. The SMILES string of the molecule is O=C(O[C@@H]1CCOC1=O)c1c2c(nc3ccccc13)/C(=C/c1ccc(O)cc1)CC2. The number of pyridine rings is 1. The van der Waals surface area contributed by atoms with Crippen LogP contribution in [0, 0.1) is 0 Å². The zero-order valence-electron chi connectivity index (χ0n) is 16.1. The lowest BCUT2D eigenvalue weighted by molar-refractivity contribution is -0.145. The number of carbonyl (C=O) groups excluding carboxylic acids is 2. The van der Waals surface area contributed by atoms with Gasteiger partial charge in [-0.15, -0.1) is 0 Å². The number of aromatic hydroxyl groups is 1. The van der Waals surface area contributed by atoms with Crippen molar-refractivity contribution in [1.82, 2.24) is 4.98 Å². The first kappa shape index (κ1) is 18.4. The molecule has 5 rings (SSSR count). The number of hydrogen-bond acceptors (Lipinski definition) is 6. The van der Waals surface area contributed by atoms with Crippen LogP contribution in [0.3, 0.4) is 0 Å². The number of rotatable bonds is 3. The number of aromatic nitrogens is 1. The molecule has 1 aliphatic heterocycles. The molecule has 1 N–H and O–H groups in total. The highest BCUT2D eigenvalue weighted by atomic mass is 16.6. The van der Waals surface area contributed by atoms with Crippen LogP contribution in [0.15, 0.2) is 48.5 Å². The van der Waals surface area contributed by atoms with E-state index in [-0.39, 0.29) is 12.4 Å². The number of ether oxygens (including phenoxy) is 2. The Morgan fingerprint density at radius 2 is 1.93 bits per heavy atom. The fraction of sp³-hybridized carbons (Fsp3) is 0.208. The molecule has 0 spiro atoms. The predicted molar refractivity (Wildman–Crippen MR) is 111 cm³/mol. The first-order valence-corrected chi connectivity index (χ1v) is 9.89. The number of allylic oxidation sites excluding steroid dienone is 1. The van der Waals surface area contributed by atoms with Gasteiger partial charge in [0.1, 0.15) is 5.75 Å². The molecular formula is C24H19NO5. The van der Waals surface area contributed by atoms with Crippen LogP contribution >= 0.6 is 0 Å². The average Bonchev–Trinajstić information content (AvgIpc) is 3.34. The number of esters is 2. The van der Waals surface area contributed by atoms with Gasteiger partial charge in [-0.05, 0) is 53.8 Å². The lowest BCUT2D eigenvalue weighted by atomic mass is 10.0. The maximum atomic E-state index is 13.1. The normalized spacial score (nSPS) is 19.1. The number of fused-ring (bicyclic) bond motifs is 2. The summed E-state index contributed by atoms with van der Waals surface area (Å²) in [5.41, 5.74) is 4.78. The van der Waals surface area contributed by atoms with E-state index in [1.807, 2.05) is 42.5 Å². The fourth-order valence-electron chi connectivity index (χ4n) is 4.06. The van der Waals surface area contributed by atoms with E-state index in [9.17, 15) is 14.7 Å². The minimum Gasteiger partial charge on any atom is -0.508 e. The lowest BCUT2D eigenvalue weighted by Crippen LogP contribution is -2.23. The van der Waals surface area contributed by atoms with E-state index in [4.69, 9.17) is 14.5 Å². The van der Waals surface area contributed by atoms with Crippen molar-refractivity contribution in [3.8, 4) is 5.75 Å². The van der Waals surface area contributed by atoms with Gasteiger partial charge in [0.25, 0.3) is 0 Å². The van der Waals surface area contributed by atoms with Gasteiger partial charge in [0, 0.05) is 11.8 Å². The van der Waals surface area contributed by atoms with Gasteiger partial charge in [-0.25, -0.2) is 14.6 Å². The van der Waals surface area contributed by atoms with Gasteiger partial charge in [0.15, 0.2) is 0 Å². The predicted octanol–water partition coefficient (Wildman–Crippen LogP) is 3.90. The summed E-state index contributed by atoms with van der Waals surface area (Å²) < 4.78 is 10.4. The quantitative estimate of drug-likeness (QED) is 0.670. The smallest absolute Gasteiger partial charge is 0.347 e. The van der Waals surface area contributed by atoms with Crippen LogP contribution in [0.2, 0.25) is 0 Å². The molecule has 3 aromatic rings. The first-order valence-electron chi connectivity index (χ1n) is 9.89. The van der Waals surface area contributed by atoms with E-state index in [0.717, 1.165) is 34.2 Å². The zero-order valence-corrected chi connectivity index (χ0v) is 16.1. The van der Waals surface area contributed by atoms with Gasteiger partial charge >= 0.3 is 11.9 Å². The number of para-hydroxylation sites is 1. The Kier molecular flexibility index (Phi) is 4.47. The van der Waals surface area contributed by atoms with Crippen molar-refractivity contribution in [1.29, 1.82) is 0 Å². The molecule has 1 aliphatic carbocycles. The van der Waals surface area contributed by atoms with Crippen LogP contribution in [-0.4, -0.2) is 34.7 Å². The number of carbonyl (C=O) groups is 2. The lowest BCUT2D eigenvalue weighted by Gasteiger charge is -2.14. The van der Waals surface area contributed by atoms with Crippen LogP contribution in [0.4, 0.5) is 0 Å². The Hall–Kier alpha value is -3.67. The molecule has 150 valence electrons. The second-order valence-electron chi connectivity index (χ2n) is 7.44. The third-order valence-electron chi connectivity index (χ3n) is 5.52. The first-order chi connectivity index (χ1) is 14.6. The Balaban J connectivity index is 1.60. The van der Waals surface area contributed by atoms with Crippen molar-refractivity contribution in [2.24, 2.45) is 0 Å². The van der Waals surface area contributed by atoms with Crippen LogP contribution < -0.4 is 0 Å². The second kappa shape index (κ2) is 7.30. The third kappa shape index (κ3) is 3.20. The summed E-state index contributed by atoms with van der Waals surface area (Å²) in [7, 11) is 0. The van der Waals surface area contributed by atoms with Gasteiger partial charge in [0.2, 0.25) is 6.10 Å². The summed E-state index contributed by atoms with van der Waals surface area (Å²) in [4.78, 5) is 29.7. The molecule has 30 heavy (non-hydrogen) atoms. The standard InChI is InChI=1S/C24H19NO5/c26-16-8-5-14(6-9-16)13-15-7-10-18-21(24(28)30-20-11-12-29-23(20)27)17-3-1-2-4-19(17)25-22(15)18/h1-6,8-9,13,20,26H,7,10-12H2/b15-13+/t20-/m1/s1. The topological polar surface area (TPSA) is 85.7 Å². The molecule has 0 saturated carbocycles. The van der Waals surface area contributed by atoms with Crippen LogP contribution in [0.1, 0.15) is 40.0 Å². The van der Waals surface area contributed by atoms with Gasteiger partial charge < -0.3 is 14.6 Å². The molecule has 1 fully saturated rings. The summed E-state index contributed by atoms with van der Waals surface area (Å²) in [5.74, 6) is -0.797. The summed E-state index contributed by atoms with van der Waals surface area (Å²) in [5, 5.41) is 10.2. The summed E-state index contributed by atoms with van der Waals surface area (Å²) >= 11 is 0. The van der Waals surface area contributed by atoms with Crippen molar-refractivity contribution in [2.75, 3.05) is 6.61 Å². The molecule has 0 radical (unpaired) electrons. The zero-order chi connectivity index (χ0) is 20.7. The second-order valence-corrected chi connectivity index (χ2v) is 7.44. The number of phenolic OH excluding ortho intramolecular Hbond substituents is 1. The van der Waals surface area contributed by atoms with Crippen LogP contribution in [-0.2, 0) is 20.7 Å². The highest BCUT2D eigenvalue weighted by Gasteiger charge is 2.33. The van der Waals surface area contributed by atoms with E-state index in [1.165, 1.54) is 0 Å². The molecule has 2 heterocycles. The van der Waals surface area contributed by atoms with Crippen LogP contribution in [0.5, 0.6) is 5.75 Å². The van der Waals surface area contributed by atoms with Crippen molar-refractivity contribution in [2.45, 2.75) is 25.4 Å². The Morgan fingerprint density at radius 3 is 2.70 bits per heavy atom. The number of hydrogen-bond donors (Lipinski definition) is 1. The van der Waals surface area contributed by atoms with Crippen molar-refractivity contribution < 1.29 is 24.2 Å². The van der Waals surface area contributed by atoms with Crippen molar-refractivity contribution >= 4 is 34.5 Å². The third-order valence-corrected chi connectivity index (χ3v) is 5.52. The number of cyclic esters (lactones) is 1. The highest BCUT2D eigenvalue weighted by molar-refractivity contribution is 6.07. The molecule has 1 aromatic heterocycles. The summed E-state index contributed by atoms with van der Waals surface area (Å²) in [6.45, 7) is 0.269. The van der Waals surface area contributed by atoms with E-state index in [0.29, 0.717) is 23.9 Å². The van der Waals surface area contributed by atoms with Crippen molar-refractivity contribution in [3.63, 3.8) is 0 Å². The maximum absolute atomic E-state index is 13.1. The van der Waals surface area contributed by atoms with Crippen LogP contribution in [0.25, 0.3) is 22.6 Å². The Morgan fingerprint density at radius 1 is 1.13 bits per heavy atom. The molecule has 1 saturated heterocycles. The number of nitrogens with zero attached hydrogens (tertiary/aromatic N) is 1. The Labute approximate surface area is 172 Å². The molecular weight excluding hydrogens is 382 g/mol. The molecule has 0 unspecified atom stereocenters. The Bertz CT molecular complexity index is 1200. The number of phenols is 1. The average molecular weight is 401 g/mol. The van der Waals surface area contributed by atoms with E-state index < -0.39 is 18.0 Å². The summed E-state index contributed by atoms with van der Waals surface area (Å²) in [6, 6.07) is 14.4. The van der Waals surface area contributed by atoms with E-state index >= 15 is 0 Å². The summed E-state index contributed by atoms with van der Waals surface area (Å²) in [6.07, 6.45) is 2.95. The monoisotopic (exact) mass is 401 g/mol. The highest BCUT2D eigenvalue weighted by Crippen LogP contribution is 2.38. The largest absolute Gasteiger partial charge is 0.508 e. The van der Waals surface area contributed by atoms with Gasteiger partial charge in [0.05, 0.1) is 23.4 Å². The molecule has 6 nitrogen and oxygen atoms in total. The number of benzene rings is 2. The maximum Gasteiger partial charge on any atom is 0.347 e. The van der Waals surface area contributed by atoms with Gasteiger partial charge in [-0.2, -0.15) is 0 Å². The molecule has 2 aromatic carbocycles. The van der Waals surface area contributed by atoms with Gasteiger partial charge in [-0.1, -0.05) is 30.3 Å². The molecule has 0 bridgehead atoms. The molecule has 6 heteroatoms. The van der Waals surface area contributed by atoms with E-state index in [2.05, 4.69) is 0 Å². The molecule has 0 amide bonds. The minimum absolute atomic E-state index is 0.212. The van der Waals surface area contributed by atoms with E-state index in [1.54, 1.807) is 12.1 Å². The molecule has 2 aliphatic rings. The van der Waals surface area contributed by atoms with Gasteiger partial charge in [-0.3, -0.25) is 0 Å². The molecule has 1 atom stereocenters.